The van der Waals surface area contributed by atoms with Gasteiger partial charge in [-0.2, -0.15) is 5.10 Å². The molecule has 0 fully saturated rings. The predicted octanol–water partition coefficient (Wildman–Crippen LogP) is 2.34. The maximum Gasteiger partial charge on any atom is 0.0681 e. The highest BCUT2D eigenvalue weighted by molar-refractivity contribution is 5.24. The summed E-state index contributed by atoms with van der Waals surface area (Å²) in [7, 11) is 0. The molecule has 2 N–H and O–H groups in total. The quantitative estimate of drug-likeness (QED) is 0.769. The Bertz CT molecular complexity index is 572. The molecule has 4 heteroatoms. The van der Waals surface area contributed by atoms with Gasteiger partial charge in [0, 0.05) is 24.3 Å². The topological polar surface area (TPSA) is 50.1 Å². The van der Waals surface area contributed by atoms with Crippen LogP contribution in [0.1, 0.15) is 35.0 Å². The fourth-order valence-corrected chi connectivity index (χ4v) is 2.56. The molecule has 0 saturated heterocycles. The lowest BCUT2D eigenvalue weighted by Crippen LogP contribution is -2.17. The molecular weight excluding hydrogens is 262 g/mol. The second kappa shape index (κ2) is 7.38. The molecule has 0 radical (unpaired) electrons. The summed E-state index contributed by atoms with van der Waals surface area (Å²) in [5.41, 5.74) is 5.94. The van der Waals surface area contributed by atoms with Crippen LogP contribution in [0.25, 0.3) is 0 Å². The zero-order valence-corrected chi connectivity index (χ0v) is 13.2. The Hall–Kier alpha value is -1.65. The van der Waals surface area contributed by atoms with E-state index < -0.39 is 0 Å². The van der Waals surface area contributed by atoms with Crippen molar-refractivity contribution in [3.8, 4) is 0 Å². The minimum atomic E-state index is 0.110. The van der Waals surface area contributed by atoms with Crippen molar-refractivity contribution >= 4 is 0 Å². The van der Waals surface area contributed by atoms with E-state index in [1.165, 1.54) is 16.8 Å². The fraction of sp³-hybridized carbons (Fsp3) is 0.471. The molecule has 0 atom stereocenters. The third-order valence-electron chi connectivity index (χ3n) is 3.93. The maximum absolute atomic E-state index is 9.02. The van der Waals surface area contributed by atoms with Gasteiger partial charge >= 0.3 is 0 Å². The zero-order valence-electron chi connectivity index (χ0n) is 13.2. The highest BCUT2D eigenvalue weighted by Gasteiger charge is 2.09. The average molecular weight is 287 g/mol. The van der Waals surface area contributed by atoms with E-state index in [0.29, 0.717) is 0 Å². The van der Waals surface area contributed by atoms with Crippen LogP contribution in [0.15, 0.2) is 24.3 Å². The molecule has 0 aliphatic heterocycles. The highest BCUT2D eigenvalue weighted by atomic mass is 16.3. The van der Waals surface area contributed by atoms with E-state index in [0.717, 1.165) is 37.3 Å². The van der Waals surface area contributed by atoms with Gasteiger partial charge < -0.3 is 10.4 Å². The van der Waals surface area contributed by atoms with Crippen LogP contribution in [0.2, 0.25) is 0 Å². The van der Waals surface area contributed by atoms with Gasteiger partial charge in [-0.3, -0.25) is 4.68 Å². The summed E-state index contributed by atoms with van der Waals surface area (Å²) < 4.78 is 2.06. The van der Waals surface area contributed by atoms with Crippen LogP contribution in [-0.2, 0) is 26.1 Å². The molecule has 0 amide bonds. The Morgan fingerprint density at radius 3 is 2.38 bits per heavy atom. The molecule has 1 aromatic carbocycles. The molecule has 0 unspecified atom stereocenters. The first-order valence-corrected chi connectivity index (χ1v) is 7.58. The van der Waals surface area contributed by atoms with Crippen LogP contribution >= 0.6 is 0 Å². The van der Waals surface area contributed by atoms with Gasteiger partial charge in [0.25, 0.3) is 0 Å². The molecule has 2 aromatic rings. The summed E-state index contributed by atoms with van der Waals surface area (Å²) in [6, 6.07) is 8.13. The number of hydrogen-bond acceptors (Lipinski definition) is 3. The van der Waals surface area contributed by atoms with E-state index >= 15 is 0 Å². The van der Waals surface area contributed by atoms with Gasteiger partial charge in [-0.05, 0) is 44.9 Å². The molecular formula is C17H25N3O. The largest absolute Gasteiger partial charge is 0.392 e. The monoisotopic (exact) mass is 287 g/mol. The third kappa shape index (κ3) is 3.93. The van der Waals surface area contributed by atoms with Gasteiger partial charge in [0.2, 0.25) is 0 Å². The summed E-state index contributed by atoms with van der Waals surface area (Å²) >= 11 is 0. The molecule has 21 heavy (non-hydrogen) atoms. The smallest absolute Gasteiger partial charge is 0.0681 e. The Balaban J connectivity index is 1.83. The summed E-state index contributed by atoms with van der Waals surface area (Å²) in [4.78, 5) is 0. The maximum atomic E-state index is 9.02. The average Bonchev–Trinajstić information content (AvgIpc) is 2.79. The van der Waals surface area contributed by atoms with Crippen LogP contribution in [0.4, 0.5) is 0 Å². The van der Waals surface area contributed by atoms with Gasteiger partial charge in [0.15, 0.2) is 0 Å². The van der Waals surface area contributed by atoms with E-state index in [1.807, 2.05) is 12.1 Å². The number of nitrogens with one attached hydrogen (secondary N) is 1. The number of aromatic nitrogens is 2. The second-order valence-corrected chi connectivity index (χ2v) is 5.37. The lowest BCUT2D eigenvalue weighted by Gasteiger charge is -2.07. The minimum absolute atomic E-state index is 0.110. The van der Waals surface area contributed by atoms with Gasteiger partial charge in [0.1, 0.15) is 0 Å². The van der Waals surface area contributed by atoms with Crippen molar-refractivity contribution < 1.29 is 5.11 Å². The van der Waals surface area contributed by atoms with E-state index in [4.69, 9.17) is 5.11 Å². The van der Waals surface area contributed by atoms with Gasteiger partial charge in [-0.1, -0.05) is 24.3 Å². The first-order valence-electron chi connectivity index (χ1n) is 7.58. The standard InChI is InChI=1S/C17H25N3O/c1-4-20-14(3)17(13(2)19-20)11-18-10-9-15-5-7-16(12-21)8-6-15/h5-8,18,21H,4,9-12H2,1-3H3. The molecule has 1 aromatic heterocycles. The van der Waals surface area contributed by atoms with Gasteiger partial charge in [0.05, 0.1) is 12.3 Å². The zero-order chi connectivity index (χ0) is 15.2. The third-order valence-corrected chi connectivity index (χ3v) is 3.93. The second-order valence-electron chi connectivity index (χ2n) is 5.37. The van der Waals surface area contributed by atoms with E-state index in [-0.39, 0.29) is 6.61 Å². The Labute approximate surface area is 126 Å². The molecule has 1 heterocycles. The summed E-state index contributed by atoms with van der Waals surface area (Å²) in [6.07, 6.45) is 0.992. The molecule has 0 aliphatic carbocycles. The fourth-order valence-electron chi connectivity index (χ4n) is 2.56. The van der Waals surface area contributed by atoms with Crippen LogP contribution in [-0.4, -0.2) is 21.4 Å². The van der Waals surface area contributed by atoms with Crippen molar-refractivity contribution in [3.05, 3.63) is 52.3 Å². The van der Waals surface area contributed by atoms with Crippen molar-refractivity contribution in [2.75, 3.05) is 6.54 Å². The predicted molar refractivity (Wildman–Crippen MR) is 85.2 cm³/mol. The lowest BCUT2D eigenvalue weighted by atomic mass is 10.1. The van der Waals surface area contributed by atoms with Crippen molar-refractivity contribution in [1.29, 1.82) is 0 Å². The number of nitrogens with zero attached hydrogens (tertiary/aromatic N) is 2. The Morgan fingerprint density at radius 1 is 1.14 bits per heavy atom. The van der Waals surface area contributed by atoms with E-state index in [2.05, 4.69) is 48.0 Å². The van der Waals surface area contributed by atoms with Crippen LogP contribution < -0.4 is 5.32 Å². The molecule has 0 saturated carbocycles. The summed E-state index contributed by atoms with van der Waals surface area (Å²) in [5.74, 6) is 0. The Kier molecular flexibility index (Phi) is 5.53. The van der Waals surface area contributed by atoms with E-state index in [9.17, 15) is 0 Å². The number of aryl methyl sites for hydroxylation is 2. The first-order chi connectivity index (χ1) is 10.2. The van der Waals surface area contributed by atoms with Crippen LogP contribution in [0.3, 0.4) is 0 Å². The number of aliphatic hydroxyl groups excluding tert-OH is 1. The summed E-state index contributed by atoms with van der Waals surface area (Å²) in [6.45, 7) is 9.16. The van der Waals surface area contributed by atoms with Crippen molar-refractivity contribution in [1.82, 2.24) is 15.1 Å². The molecule has 2 rings (SSSR count). The normalized spacial score (nSPS) is 11.0. The molecule has 0 spiro atoms. The van der Waals surface area contributed by atoms with Crippen molar-refractivity contribution in [2.24, 2.45) is 0 Å². The van der Waals surface area contributed by atoms with Crippen molar-refractivity contribution in [3.63, 3.8) is 0 Å². The number of hydrogen-bond donors (Lipinski definition) is 2. The minimum Gasteiger partial charge on any atom is -0.392 e. The number of rotatable bonds is 7. The van der Waals surface area contributed by atoms with E-state index in [1.54, 1.807) is 0 Å². The number of aliphatic hydroxyl groups is 1. The molecule has 4 nitrogen and oxygen atoms in total. The Morgan fingerprint density at radius 2 is 1.81 bits per heavy atom. The molecule has 0 bridgehead atoms. The molecule has 0 aliphatic rings. The van der Waals surface area contributed by atoms with Gasteiger partial charge in [-0.15, -0.1) is 0 Å². The van der Waals surface area contributed by atoms with Gasteiger partial charge in [-0.25, -0.2) is 0 Å². The lowest BCUT2D eigenvalue weighted by molar-refractivity contribution is 0.282. The van der Waals surface area contributed by atoms with Crippen molar-refractivity contribution in [2.45, 2.75) is 46.9 Å². The first kappa shape index (κ1) is 15.7. The highest BCUT2D eigenvalue weighted by Crippen LogP contribution is 2.12. The van der Waals surface area contributed by atoms with Crippen LogP contribution in [0.5, 0.6) is 0 Å². The SMILES string of the molecule is CCn1nc(C)c(CNCCc2ccc(CO)cc2)c1C. The summed E-state index contributed by atoms with van der Waals surface area (Å²) in [5, 5.41) is 17.1. The molecule has 114 valence electrons. The number of benzene rings is 1. The van der Waals surface area contributed by atoms with Crippen LogP contribution in [0, 0.1) is 13.8 Å².